The maximum absolute atomic E-state index is 5.01. The molecule has 56 heavy (non-hydrogen) atoms. The molecular formula is C52H32BN3. The van der Waals surface area contributed by atoms with Crippen molar-refractivity contribution < 1.29 is 0 Å². The number of aromatic nitrogens is 3. The standard InChI is InChI=1S/C52H32BN3/c1-3-15-34(16-4-1)49-54-50(35-17-5-2-6-18-35)56-51(55-49)36-29-27-33(28-30-36)37-31-41-40-21-9-13-25-46(40)53-47-26-14-12-24-44(47)52(45(32-37)48(41)53)42-22-10-7-19-38(42)39-20-8-11-23-43(39)52/h1-32H. The Kier molecular flexibility index (Phi) is 6.64. The van der Waals surface area contributed by atoms with Gasteiger partial charge < -0.3 is 0 Å². The Balaban J connectivity index is 1.07. The third-order valence-electron chi connectivity index (χ3n) is 12.2. The highest BCUT2D eigenvalue weighted by molar-refractivity contribution is 7.00. The summed E-state index contributed by atoms with van der Waals surface area (Å²) in [4.78, 5) is 14.9. The van der Waals surface area contributed by atoms with Gasteiger partial charge in [-0.2, -0.15) is 0 Å². The summed E-state index contributed by atoms with van der Waals surface area (Å²) in [6.07, 6.45) is 0. The van der Waals surface area contributed by atoms with E-state index in [-0.39, 0.29) is 6.71 Å². The lowest BCUT2D eigenvalue weighted by Gasteiger charge is -2.42. The van der Waals surface area contributed by atoms with Crippen LogP contribution < -0.4 is 16.4 Å². The van der Waals surface area contributed by atoms with Crippen molar-refractivity contribution in [3.63, 3.8) is 0 Å². The molecule has 1 aliphatic carbocycles. The maximum Gasteiger partial charge on any atom is 0.243 e. The minimum atomic E-state index is -0.449. The van der Waals surface area contributed by atoms with Gasteiger partial charge in [0.25, 0.3) is 0 Å². The number of nitrogens with zero attached hydrogens (tertiary/aromatic N) is 3. The van der Waals surface area contributed by atoms with Crippen LogP contribution in [0.5, 0.6) is 0 Å². The second-order valence-corrected chi connectivity index (χ2v) is 15.0. The van der Waals surface area contributed by atoms with Crippen molar-refractivity contribution in [3.8, 4) is 67.5 Å². The summed E-state index contributed by atoms with van der Waals surface area (Å²) in [6, 6.07) is 70.4. The van der Waals surface area contributed by atoms with E-state index in [0.717, 1.165) is 22.3 Å². The van der Waals surface area contributed by atoms with Gasteiger partial charge in [-0.1, -0.05) is 204 Å². The monoisotopic (exact) mass is 709 g/mol. The fraction of sp³-hybridized carbons (Fsp3) is 0.0192. The number of fused-ring (bicyclic) bond motifs is 12. The number of rotatable bonds is 4. The number of hydrogen-bond donors (Lipinski definition) is 0. The molecule has 0 fully saturated rings. The van der Waals surface area contributed by atoms with Crippen molar-refractivity contribution in [1.82, 2.24) is 15.0 Å². The largest absolute Gasteiger partial charge is 0.243 e. The summed E-state index contributed by atoms with van der Waals surface area (Å²) in [7, 11) is 0. The summed E-state index contributed by atoms with van der Waals surface area (Å²) in [5.74, 6) is 1.97. The zero-order chi connectivity index (χ0) is 36.8. The van der Waals surface area contributed by atoms with Crippen molar-refractivity contribution in [1.29, 1.82) is 0 Å². The van der Waals surface area contributed by atoms with E-state index in [1.165, 1.54) is 66.5 Å². The Morgan fingerprint density at radius 2 is 0.750 bits per heavy atom. The number of hydrogen-bond acceptors (Lipinski definition) is 3. The molecule has 1 aromatic heterocycles. The van der Waals surface area contributed by atoms with Gasteiger partial charge in [-0.3, -0.25) is 0 Å². The maximum atomic E-state index is 5.01. The Morgan fingerprint density at radius 1 is 0.304 bits per heavy atom. The molecule has 4 heteroatoms. The molecule has 3 heterocycles. The van der Waals surface area contributed by atoms with Gasteiger partial charge in [-0.25, -0.2) is 15.0 Å². The molecule has 0 radical (unpaired) electrons. The lowest BCUT2D eigenvalue weighted by atomic mass is 9.32. The van der Waals surface area contributed by atoms with Crippen LogP contribution in [0, 0.1) is 0 Å². The van der Waals surface area contributed by atoms with Crippen molar-refractivity contribution >= 4 is 23.1 Å². The Labute approximate surface area is 326 Å². The lowest BCUT2D eigenvalue weighted by Crippen LogP contribution is -2.59. The van der Waals surface area contributed by atoms with Crippen molar-refractivity contribution in [3.05, 3.63) is 216 Å². The molecule has 0 N–H and O–H groups in total. The molecule has 258 valence electrons. The molecule has 12 rings (SSSR count). The zero-order valence-electron chi connectivity index (χ0n) is 30.4. The van der Waals surface area contributed by atoms with Crippen LogP contribution >= 0.6 is 0 Å². The summed E-state index contributed by atoms with van der Waals surface area (Å²) >= 11 is 0. The topological polar surface area (TPSA) is 38.7 Å². The van der Waals surface area contributed by atoms with E-state index in [2.05, 4.69) is 133 Å². The Morgan fingerprint density at radius 3 is 1.34 bits per heavy atom. The predicted molar refractivity (Wildman–Crippen MR) is 229 cm³/mol. The van der Waals surface area contributed by atoms with Crippen LogP contribution in [0.15, 0.2) is 194 Å². The summed E-state index contributed by atoms with van der Waals surface area (Å²) in [5.41, 5.74) is 19.8. The van der Waals surface area contributed by atoms with Gasteiger partial charge in [-0.15, -0.1) is 0 Å². The highest BCUT2D eigenvalue weighted by Gasteiger charge is 2.54. The Hall–Kier alpha value is -7.17. The van der Waals surface area contributed by atoms with Crippen molar-refractivity contribution in [2.24, 2.45) is 0 Å². The van der Waals surface area contributed by atoms with Crippen LogP contribution in [0.25, 0.3) is 67.5 Å². The summed E-state index contributed by atoms with van der Waals surface area (Å²) in [6.45, 7) is 0.177. The molecule has 9 aromatic rings. The second kappa shape index (κ2) is 11.9. The van der Waals surface area contributed by atoms with Gasteiger partial charge in [0.2, 0.25) is 6.71 Å². The Bertz CT molecular complexity index is 2930. The van der Waals surface area contributed by atoms with E-state index < -0.39 is 5.41 Å². The normalized spacial score (nSPS) is 13.5. The second-order valence-electron chi connectivity index (χ2n) is 15.0. The molecule has 8 aromatic carbocycles. The lowest BCUT2D eigenvalue weighted by molar-refractivity contribution is 0.776. The molecule has 0 bridgehead atoms. The van der Waals surface area contributed by atoms with Crippen LogP contribution in [0.4, 0.5) is 0 Å². The van der Waals surface area contributed by atoms with Gasteiger partial charge >= 0.3 is 0 Å². The third kappa shape index (κ3) is 4.32. The summed E-state index contributed by atoms with van der Waals surface area (Å²) in [5, 5.41) is 0. The predicted octanol–water partition coefficient (Wildman–Crippen LogP) is 9.71. The first kappa shape index (κ1) is 31.2. The molecule has 3 nitrogen and oxygen atoms in total. The van der Waals surface area contributed by atoms with E-state index in [4.69, 9.17) is 15.0 Å². The van der Waals surface area contributed by atoms with Gasteiger partial charge in [-0.05, 0) is 61.7 Å². The van der Waals surface area contributed by atoms with Crippen molar-refractivity contribution in [2.75, 3.05) is 0 Å². The van der Waals surface area contributed by atoms with Crippen molar-refractivity contribution in [2.45, 2.75) is 5.41 Å². The van der Waals surface area contributed by atoms with Crippen LogP contribution in [0.2, 0.25) is 0 Å². The van der Waals surface area contributed by atoms with Gasteiger partial charge in [0.15, 0.2) is 17.5 Å². The van der Waals surface area contributed by atoms with E-state index >= 15 is 0 Å². The minimum Gasteiger partial charge on any atom is -0.208 e. The van der Waals surface area contributed by atoms with Gasteiger partial charge in [0.1, 0.15) is 0 Å². The van der Waals surface area contributed by atoms with E-state index in [1.807, 2.05) is 60.7 Å². The molecule has 0 atom stereocenters. The minimum absolute atomic E-state index is 0.177. The van der Waals surface area contributed by atoms with E-state index in [1.54, 1.807) is 0 Å². The zero-order valence-corrected chi connectivity index (χ0v) is 30.4. The molecular weight excluding hydrogens is 677 g/mol. The average molecular weight is 710 g/mol. The molecule has 0 unspecified atom stereocenters. The first-order valence-electron chi connectivity index (χ1n) is 19.3. The van der Waals surface area contributed by atoms with E-state index in [9.17, 15) is 0 Å². The quantitative estimate of drug-likeness (QED) is 0.171. The summed E-state index contributed by atoms with van der Waals surface area (Å²) < 4.78 is 0. The molecule has 0 saturated heterocycles. The van der Waals surface area contributed by atoms with Crippen LogP contribution in [0.1, 0.15) is 22.3 Å². The number of benzene rings is 8. The first-order chi connectivity index (χ1) is 27.8. The highest BCUT2D eigenvalue weighted by atomic mass is 15.0. The van der Waals surface area contributed by atoms with E-state index in [0.29, 0.717) is 17.5 Å². The SMILES string of the molecule is c1ccc(-c2nc(-c3ccccc3)nc(-c3ccc(-c4cc5c6c(c4)C4(c7ccccc7B6c6ccccc6-5)c5ccccc5-c5ccccc54)cc3)n2)cc1. The fourth-order valence-electron chi connectivity index (χ4n) is 9.94. The first-order valence-corrected chi connectivity index (χ1v) is 19.3. The van der Waals surface area contributed by atoms with Gasteiger partial charge in [0.05, 0.1) is 5.41 Å². The smallest absolute Gasteiger partial charge is 0.208 e. The van der Waals surface area contributed by atoms with Crippen LogP contribution in [-0.2, 0) is 5.41 Å². The van der Waals surface area contributed by atoms with Crippen LogP contribution in [0.3, 0.4) is 0 Å². The average Bonchev–Trinajstić information content (AvgIpc) is 3.77. The molecule has 0 amide bonds. The molecule has 2 aliphatic heterocycles. The highest BCUT2D eigenvalue weighted by Crippen LogP contribution is 2.57. The van der Waals surface area contributed by atoms with Gasteiger partial charge in [0, 0.05) is 16.7 Å². The fourth-order valence-corrected chi connectivity index (χ4v) is 9.94. The third-order valence-corrected chi connectivity index (χ3v) is 12.2. The molecule has 1 spiro atoms. The molecule has 0 saturated carbocycles. The van der Waals surface area contributed by atoms with Crippen LogP contribution in [-0.4, -0.2) is 21.7 Å². The molecule has 3 aliphatic rings.